The van der Waals surface area contributed by atoms with Crippen LogP contribution in [0.2, 0.25) is 0 Å². The Morgan fingerprint density at radius 2 is 1.06 bits per heavy atom. The minimum atomic E-state index is -1.72. The maximum atomic E-state index is 14.1. The van der Waals surface area contributed by atoms with E-state index in [4.69, 9.17) is 33.7 Å². The van der Waals surface area contributed by atoms with Crippen LogP contribution in [0.3, 0.4) is 0 Å². The summed E-state index contributed by atoms with van der Waals surface area (Å²) in [6.07, 6.45) is 2.24. The molecule has 14 rings (SSSR count). The molecule has 2 amide bonds. The average molecular weight is 1410 g/mol. The van der Waals surface area contributed by atoms with E-state index in [0.717, 1.165) is 34.9 Å². The number of carboxylic acids is 2. The molecule has 10 aliphatic rings. The zero-order valence-electron chi connectivity index (χ0n) is 57.6. The lowest BCUT2D eigenvalue weighted by Gasteiger charge is -2.62. The number of ether oxygens (including phenoxy) is 4. The molecule has 24 heteroatoms. The predicted molar refractivity (Wildman–Crippen MR) is 368 cm³/mol. The minimum Gasteiger partial charge on any atom is -0.497 e. The van der Waals surface area contributed by atoms with Crippen molar-refractivity contribution in [1.29, 1.82) is 0 Å². The molecule has 0 aromatic heterocycles. The van der Waals surface area contributed by atoms with E-state index < -0.39 is 73.0 Å². The summed E-state index contributed by atoms with van der Waals surface area (Å²) in [6, 6.07) is 16.0. The molecule has 16 atom stereocenters. The molecule has 97 heavy (non-hydrogen) atoms. The highest BCUT2D eigenvalue weighted by molar-refractivity contribution is 9.10. The number of rotatable bonds is 18. The van der Waals surface area contributed by atoms with Gasteiger partial charge in [0.15, 0.2) is 0 Å². The molecule has 6 aliphatic carbocycles. The Kier molecular flexibility index (Phi) is 22.5. The summed E-state index contributed by atoms with van der Waals surface area (Å²) in [5.41, 5.74) is 4.71. The number of hydrogen-bond donors (Lipinski definition) is 10. The van der Waals surface area contributed by atoms with E-state index in [1.54, 1.807) is 56.4 Å². The van der Waals surface area contributed by atoms with Crippen LogP contribution >= 0.6 is 15.9 Å². The van der Waals surface area contributed by atoms with Gasteiger partial charge in [0.2, 0.25) is 11.8 Å². The number of para-hydroxylation sites is 2. The first-order valence-electron chi connectivity index (χ1n) is 33.6. The van der Waals surface area contributed by atoms with Crippen molar-refractivity contribution in [2.45, 2.75) is 202 Å². The highest BCUT2D eigenvalue weighted by atomic mass is 79.9. The van der Waals surface area contributed by atoms with Crippen molar-refractivity contribution >= 4 is 52.3 Å². The standard InChI is InChI=1S/C36H48N2O8.C25H39BN2O7.C11H11BrO3.CH4/c1-18-26-13-23(36(26,5)6)14-27(18)37-33(41)30-29(19(2)40)28(17-39)46-38(30)16-20-9-8-10-24(31(20)44-7)21-11-22-15-35(3,4)45-32(22)25(12-21)34(42)43;1-13-17-9-16(25(17,3)4)10-19(13)27-24(31)22-21(14(2)30)20(12-29)35-28(22)11-15-7-6-8-18(26(32)33)23(15)34-5;1-11(2)5-6-3-7(12)4-8(10(13)14)9(6)15-11;/h8-12,18-19,23,26-30,39-40H,13-17H2,1-7H3,(H,37,41)(H,42,43);6-8,13-14,16-17,19-22,29-30,32-33H,9-12H2,1-5H3,(H,27,31);3-4H,5H2,1-2H3,(H,13,14);1H4/t18-,19-,23+,26-,27-,28-,29+,30-;13-,14-,16+,17-,19-,20-,21+,22-;;/m00../s1. The number of halogens is 1. The van der Waals surface area contributed by atoms with Crippen molar-refractivity contribution < 1.29 is 88.5 Å². The average Bonchev–Trinajstić information content (AvgIpc) is 1.66. The van der Waals surface area contributed by atoms with Crippen molar-refractivity contribution in [3.05, 3.63) is 98.5 Å². The van der Waals surface area contributed by atoms with E-state index in [9.17, 15) is 54.8 Å². The maximum Gasteiger partial charge on any atom is 0.492 e. The number of aliphatic hydroxyl groups excluding tert-OH is 4. The van der Waals surface area contributed by atoms with Gasteiger partial charge in [-0.25, -0.2) is 9.59 Å². The van der Waals surface area contributed by atoms with Gasteiger partial charge in [0.1, 0.15) is 69.6 Å². The Hall–Kier alpha value is -5.90. The Balaban J connectivity index is 0.000000190. The van der Waals surface area contributed by atoms with E-state index in [1.807, 2.05) is 58.0 Å². The maximum absolute atomic E-state index is 14.1. The van der Waals surface area contributed by atoms with Crippen molar-refractivity contribution in [3.63, 3.8) is 0 Å². The number of amides is 2. The fourth-order valence-corrected chi connectivity index (χ4v) is 18.0. The molecule has 6 saturated carbocycles. The highest BCUT2D eigenvalue weighted by Gasteiger charge is 2.59. The molecule has 4 aliphatic heterocycles. The summed E-state index contributed by atoms with van der Waals surface area (Å²) >= 11 is 3.30. The van der Waals surface area contributed by atoms with Crippen LogP contribution in [0, 0.1) is 58.2 Å². The van der Waals surface area contributed by atoms with E-state index in [-0.39, 0.29) is 91.0 Å². The quantitative estimate of drug-likeness (QED) is 0.0422. The van der Waals surface area contributed by atoms with Crippen LogP contribution in [0.1, 0.15) is 159 Å². The van der Waals surface area contributed by atoms with E-state index in [2.05, 4.69) is 68.1 Å². The normalized spacial score (nSPS) is 30.0. The molecule has 0 unspecified atom stereocenters. The topological polar surface area (TPSA) is 316 Å². The molecule has 8 fully saturated rings. The largest absolute Gasteiger partial charge is 0.497 e. The molecule has 2 saturated heterocycles. The number of methoxy groups -OCH3 is 2. The second-order valence-corrected chi connectivity index (χ2v) is 31.4. The van der Waals surface area contributed by atoms with Crippen LogP contribution in [-0.4, -0.2) is 169 Å². The number of hydroxylamine groups is 4. The molecule has 0 radical (unpaired) electrons. The first-order valence-corrected chi connectivity index (χ1v) is 34.4. The lowest BCUT2D eigenvalue weighted by Crippen LogP contribution is -2.62. The monoisotopic (exact) mass is 1410 g/mol. The fraction of sp³-hybridized carbons (Fsp3) is 0.616. The number of nitrogens with zero attached hydrogens (tertiary/aromatic N) is 2. The van der Waals surface area contributed by atoms with Crippen LogP contribution in [-0.2, 0) is 45.2 Å². The van der Waals surface area contributed by atoms with Crippen molar-refractivity contribution in [2.75, 3.05) is 27.4 Å². The molecular weight excluding hydrogens is 1310 g/mol. The Labute approximate surface area is 578 Å². The van der Waals surface area contributed by atoms with Gasteiger partial charge in [-0.3, -0.25) is 19.3 Å². The van der Waals surface area contributed by atoms with Gasteiger partial charge in [0, 0.05) is 69.0 Å². The van der Waals surface area contributed by atoms with E-state index in [1.165, 1.54) is 25.0 Å². The van der Waals surface area contributed by atoms with Gasteiger partial charge in [0.25, 0.3) is 0 Å². The third-order valence-electron chi connectivity index (χ3n) is 22.7. The van der Waals surface area contributed by atoms with Gasteiger partial charge in [-0.05, 0) is 149 Å². The van der Waals surface area contributed by atoms with Crippen LogP contribution in [0.15, 0.2) is 65.1 Å². The molecule has 532 valence electrons. The van der Waals surface area contributed by atoms with Crippen LogP contribution in [0.25, 0.3) is 11.1 Å². The number of carbonyl (C=O) groups excluding carboxylic acids is 2. The summed E-state index contributed by atoms with van der Waals surface area (Å²) in [5.74, 6) is 0.876. The summed E-state index contributed by atoms with van der Waals surface area (Å²) in [6.45, 7) is 24.2. The second kappa shape index (κ2) is 29.0. The van der Waals surface area contributed by atoms with Gasteiger partial charge in [-0.1, -0.05) is 101 Å². The molecule has 4 aromatic rings. The lowest BCUT2D eigenvalue weighted by molar-refractivity contribution is -0.183. The number of aliphatic hydroxyl groups is 4. The van der Waals surface area contributed by atoms with Gasteiger partial charge in [0.05, 0.1) is 52.7 Å². The van der Waals surface area contributed by atoms with E-state index >= 15 is 0 Å². The molecule has 4 bridgehead atoms. The molecule has 0 spiro atoms. The van der Waals surface area contributed by atoms with Crippen LogP contribution < -0.4 is 35.0 Å². The molecule has 4 heterocycles. The number of carboxylic acid groups (broad SMARTS) is 2. The highest BCUT2D eigenvalue weighted by Crippen LogP contribution is 2.62. The minimum absolute atomic E-state index is 0. The number of hydrogen-bond acceptors (Lipinski definition) is 18. The summed E-state index contributed by atoms with van der Waals surface area (Å²) < 4.78 is 23.8. The summed E-state index contributed by atoms with van der Waals surface area (Å²) in [4.78, 5) is 63.3. The number of nitrogens with one attached hydrogen (secondary N) is 2. The van der Waals surface area contributed by atoms with Crippen molar-refractivity contribution in [3.8, 4) is 34.1 Å². The Morgan fingerprint density at radius 1 is 0.639 bits per heavy atom. The molecule has 4 aromatic carbocycles. The van der Waals surface area contributed by atoms with Crippen molar-refractivity contribution in [1.82, 2.24) is 20.8 Å². The SMILES string of the molecule is C.CC1(C)Cc2cc(Br)cc(C(=O)O)c2O1.COc1c(CN2O[C@@H](CO)[C@@H]([C@H](C)O)[C@H]2C(=O)N[C@H]2C[C@H]3C[C@@H]([C@@H]2C)C3(C)C)cccc1-c1cc2c(c(C(=O)O)c1)OC(C)(C)C2.COc1c(CN2O[C@@H](CO)[C@@H]([C@H](C)O)[C@H]2C(=O)N[C@H]2C[C@H]3C[C@@H]([C@@H]2C)C3(C)C)cccc1B(O)O. The molecular formula is C73H102BBrN4O18. The second-order valence-electron chi connectivity index (χ2n) is 30.5. The number of aromatic carboxylic acids is 2. The first-order chi connectivity index (χ1) is 45.1. The summed E-state index contributed by atoms with van der Waals surface area (Å²) in [5, 5.41) is 89.7. The van der Waals surface area contributed by atoms with E-state index in [0.29, 0.717) is 86.8 Å². The van der Waals surface area contributed by atoms with Crippen LogP contribution in [0.5, 0.6) is 23.0 Å². The van der Waals surface area contributed by atoms with Crippen molar-refractivity contribution in [2.24, 2.45) is 58.2 Å². The molecule has 10 N–H and O–H groups in total. The number of carbonyl (C=O) groups is 4. The van der Waals surface area contributed by atoms with Gasteiger partial charge in [-0.15, -0.1) is 0 Å². The van der Waals surface area contributed by atoms with Gasteiger partial charge >= 0.3 is 19.1 Å². The Morgan fingerprint density at radius 3 is 1.45 bits per heavy atom. The van der Waals surface area contributed by atoms with Crippen LogP contribution in [0.4, 0.5) is 0 Å². The third kappa shape index (κ3) is 14.7. The summed E-state index contributed by atoms with van der Waals surface area (Å²) in [7, 11) is 1.27. The zero-order chi connectivity index (χ0) is 70.2. The Bertz CT molecular complexity index is 3560. The number of benzene rings is 4. The van der Waals surface area contributed by atoms with Gasteiger partial charge < -0.3 is 70.3 Å². The zero-order valence-corrected chi connectivity index (χ0v) is 59.2. The predicted octanol–water partition coefficient (Wildman–Crippen LogP) is 7.97. The third-order valence-corrected chi connectivity index (χ3v) is 23.2. The fourth-order valence-electron chi connectivity index (χ4n) is 17.5. The first kappa shape index (κ1) is 75.3. The number of fused-ring (bicyclic) bond motifs is 6. The lowest BCUT2D eigenvalue weighted by atomic mass is 9.45. The van der Waals surface area contributed by atoms with Gasteiger partial charge in [-0.2, -0.15) is 10.1 Å². The smallest absolute Gasteiger partial charge is 0.492 e. The molecule has 22 nitrogen and oxygen atoms in total.